The molecular weight excluding hydrogens is 368 g/mol. The van der Waals surface area contributed by atoms with Gasteiger partial charge in [0.15, 0.2) is 0 Å². The van der Waals surface area contributed by atoms with E-state index < -0.39 is 0 Å². The summed E-state index contributed by atoms with van der Waals surface area (Å²) in [4.78, 5) is 38.3. The lowest BCUT2D eigenvalue weighted by Gasteiger charge is -2.43. The average Bonchev–Trinajstić information content (AvgIpc) is 3.19. The summed E-state index contributed by atoms with van der Waals surface area (Å²) in [5.41, 5.74) is 2.68. The second-order valence-corrected chi connectivity index (χ2v) is 8.14. The Morgan fingerprint density at radius 3 is 2.41 bits per heavy atom. The molecule has 8 nitrogen and oxygen atoms in total. The molecule has 8 heteroatoms. The van der Waals surface area contributed by atoms with Gasteiger partial charge < -0.3 is 9.80 Å². The highest BCUT2D eigenvalue weighted by molar-refractivity contribution is 5.95. The van der Waals surface area contributed by atoms with Crippen molar-refractivity contribution in [3.63, 3.8) is 0 Å². The summed E-state index contributed by atoms with van der Waals surface area (Å²) in [6.07, 6.45) is 9.84. The van der Waals surface area contributed by atoms with Gasteiger partial charge in [-0.1, -0.05) is 0 Å². The van der Waals surface area contributed by atoms with Crippen LogP contribution in [0.1, 0.15) is 64.3 Å². The topological polar surface area (TPSA) is 95.1 Å². The van der Waals surface area contributed by atoms with Gasteiger partial charge in [-0.2, -0.15) is 5.10 Å². The molecule has 2 amide bonds. The molecule has 2 aromatic rings. The van der Waals surface area contributed by atoms with Gasteiger partial charge in [0.25, 0.3) is 11.8 Å². The van der Waals surface area contributed by atoms with Crippen molar-refractivity contribution in [2.75, 3.05) is 19.6 Å². The first-order chi connectivity index (χ1) is 14.0. The van der Waals surface area contributed by atoms with Crippen molar-refractivity contribution in [1.29, 1.82) is 0 Å². The quantitative estimate of drug-likeness (QED) is 0.859. The van der Waals surface area contributed by atoms with Gasteiger partial charge in [-0.15, -0.1) is 0 Å². The van der Waals surface area contributed by atoms with E-state index in [-0.39, 0.29) is 17.9 Å². The molecule has 0 bridgehead atoms. The number of H-pyrrole nitrogens is 1. The Kier molecular flexibility index (Phi) is 5.60. The largest absolute Gasteiger partial charge is 0.339 e. The molecule has 2 aliphatic rings. The summed E-state index contributed by atoms with van der Waals surface area (Å²) in [6.45, 7) is 5.94. The third-order valence-electron chi connectivity index (χ3n) is 6.24. The number of likely N-dealkylation sites (tertiary alicyclic amines) is 2. The van der Waals surface area contributed by atoms with Crippen molar-refractivity contribution in [3.05, 3.63) is 41.2 Å². The number of carbonyl (C=O) groups is 2. The van der Waals surface area contributed by atoms with Crippen molar-refractivity contribution in [3.8, 4) is 0 Å². The maximum atomic E-state index is 13.1. The van der Waals surface area contributed by atoms with Crippen LogP contribution >= 0.6 is 0 Å². The molecular formula is C21H28N6O2. The highest BCUT2D eigenvalue weighted by atomic mass is 16.2. The fourth-order valence-corrected chi connectivity index (χ4v) is 4.57. The zero-order valence-corrected chi connectivity index (χ0v) is 17.1. The molecule has 0 unspecified atom stereocenters. The first-order valence-corrected chi connectivity index (χ1v) is 10.4. The van der Waals surface area contributed by atoms with Crippen LogP contribution in [0.25, 0.3) is 0 Å². The minimum absolute atomic E-state index is 0.0188. The molecule has 2 saturated heterocycles. The van der Waals surface area contributed by atoms with E-state index >= 15 is 0 Å². The molecule has 1 atom stereocenters. The first kappa shape index (κ1) is 19.5. The maximum absolute atomic E-state index is 13.1. The van der Waals surface area contributed by atoms with Gasteiger partial charge >= 0.3 is 0 Å². The van der Waals surface area contributed by atoms with Crippen molar-refractivity contribution >= 4 is 11.8 Å². The molecule has 0 saturated carbocycles. The normalized spacial score (nSPS) is 20.7. The van der Waals surface area contributed by atoms with E-state index in [2.05, 4.69) is 20.2 Å². The predicted molar refractivity (Wildman–Crippen MR) is 107 cm³/mol. The number of carbonyl (C=O) groups excluding carboxylic acids is 2. The molecule has 0 aromatic carbocycles. The summed E-state index contributed by atoms with van der Waals surface area (Å²) in [5, 5.41) is 6.80. The molecule has 0 spiro atoms. The Balaban J connectivity index is 1.42. The van der Waals surface area contributed by atoms with Crippen LogP contribution in [0.3, 0.4) is 0 Å². The lowest BCUT2D eigenvalue weighted by Crippen LogP contribution is -2.51. The van der Waals surface area contributed by atoms with Crippen molar-refractivity contribution in [2.45, 2.75) is 52.0 Å². The van der Waals surface area contributed by atoms with Gasteiger partial charge in [-0.25, -0.2) is 4.98 Å². The number of piperidine rings is 2. The molecule has 2 aromatic heterocycles. The van der Waals surface area contributed by atoms with E-state index in [0.717, 1.165) is 63.1 Å². The molecule has 0 radical (unpaired) electrons. The van der Waals surface area contributed by atoms with Crippen LogP contribution in [-0.4, -0.2) is 67.5 Å². The van der Waals surface area contributed by atoms with Crippen LogP contribution in [0.2, 0.25) is 0 Å². The number of nitrogens with zero attached hydrogens (tertiary/aromatic N) is 5. The number of aromatic amines is 1. The SMILES string of the molecule is Cc1cnc(C(=O)N2CCCC[C@@H]2C2CCN(C(=O)c3cn[nH]c3C)CC2)cn1. The van der Waals surface area contributed by atoms with E-state index in [1.165, 1.54) is 0 Å². The third kappa shape index (κ3) is 4.02. The van der Waals surface area contributed by atoms with Crippen LogP contribution in [-0.2, 0) is 0 Å². The highest BCUT2D eigenvalue weighted by Crippen LogP contribution is 2.31. The number of aryl methyl sites for hydroxylation is 2. The Morgan fingerprint density at radius 2 is 1.76 bits per heavy atom. The predicted octanol–water partition coefficient (Wildman–Crippen LogP) is 2.36. The Bertz CT molecular complexity index is 870. The maximum Gasteiger partial charge on any atom is 0.274 e. The molecule has 1 N–H and O–H groups in total. The van der Waals surface area contributed by atoms with Gasteiger partial charge in [-0.05, 0) is 51.9 Å². The lowest BCUT2D eigenvalue weighted by molar-refractivity contribution is 0.0370. The van der Waals surface area contributed by atoms with Gasteiger partial charge in [0.1, 0.15) is 5.69 Å². The van der Waals surface area contributed by atoms with E-state index in [1.807, 2.05) is 23.6 Å². The standard InChI is InChI=1S/C21H28N6O2/c1-14-11-23-18(13-22-14)21(29)27-8-4-3-5-19(27)16-6-9-26(10-7-16)20(28)17-12-24-25-15(17)2/h11-13,16,19H,3-10H2,1-2H3,(H,24,25)/t19-/m1/s1. The number of rotatable bonds is 3. The number of hydrogen-bond donors (Lipinski definition) is 1. The smallest absolute Gasteiger partial charge is 0.274 e. The first-order valence-electron chi connectivity index (χ1n) is 10.4. The highest BCUT2D eigenvalue weighted by Gasteiger charge is 2.36. The van der Waals surface area contributed by atoms with Gasteiger partial charge in [-0.3, -0.25) is 19.7 Å². The van der Waals surface area contributed by atoms with Gasteiger partial charge in [0, 0.05) is 37.6 Å². The lowest BCUT2D eigenvalue weighted by atomic mass is 9.83. The summed E-state index contributed by atoms with van der Waals surface area (Å²) in [6, 6.07) is 0.215. The molecule has 154 valence electrons. The fourth-order valence-electron chi connectivity index (χ4n) is 4.57. The van der Waals surface area contributed by atoms with E-state index in [1.54, 1.807) is 18.6 Å². The summed E-state index contributed by atoms with van der Waals surface area (Å²) >= 11 is 0. The van der Waals surface area contributed by atoms with Crippen LogP contribution in [0.15, 0.2) is 18.6 Å². The van der Waals surface area contributed by atoms with Crippen LogP contribution in [0.4, 0.5) is 0 Å². The minimum Gasteiger partial charge on any atom is -0.339 e. The van der Waals surface area contributed by atoms with Gasteiger partial charge in [0.2, 0.25) is 0 Å². The molecule has 2 aliphatic heterocycles. The Labute approximate surface area is 170 Å². The zero-order chi connectivity index (χ0) is 20.4. The third-order valence-corrected chi connectivity index (χ3v) is 6.24. The number of amides is 2. The zero-order valence-electron chi connectivity index (χ0n) is 17.1. The number of aromatic nitrogens is 4. The minimum atomic E-state index is -0.0188. The molecule has 4 heterocycles. The summed E-state index contributed by atoms with van der Waals surface area (Å²) in [7, 11) is 0. The van der Waals surface area contributed by atoms with Crippen LogP contribution < -0.4 is 0 Å². The van der Waals surface area contributed by atoms with E-state index in [0.29, 0.717) is 17.2 Å². The second-order valence-electron chi connectivity index (χ2n) is 8.14. The number of nitrogens with one attached hydrogen (secondary N) is 1. The second kappa shape index (κ2) is 8.31. The van der Waals surface area contributed by atoms with Crippen LogP contribution in [0, 0.1) is 19.8 Å². The molecule has 4 rings (SSSR count). The Morgan fingerprint density at radius 1 is 0.966 bits per heavy atom. The van der Waals surface area contributed by atoms with Crippen molar-refractivity contribution < 1.29 is 9.59 Å². The van der Waals surface area contributed by atoms with Crippen LogP contribution in [0.5, 0.6) is 0 Å². The number of hydrogen-bond acceptors (Lipinski definition) is 5. The van der Waals surface area contributed by atoms with Crippen molar-refractivity contribution in [2.24, 2.45) is 5.92 Å². The monoisotopic (exact) mass is 396 g/mol. The molecule has 2 fully saturated rings. The fraction of sp³-hybridized carbons (Fsp3) is 0.571. The summed E-state index contributed by atoms with van der Waals surface area (Å²) < 4.78 is 0. The molecule has 0 aliphatic carbocycles. The summed E-state index contributed by atoms with van der Waals surface area (Å²) in [5.74, 6) is 0.433. The van der Waals surface area contributed by atoms with E-state index in [4.69, 9.17) is 0 Å². The van der Waals surface area contributed by atoms with Crippen molar-refractivity contribution in [1.82, 2.24) is 30.0 Å². The molecule has 29 heavy (non-hydrogen) atoms. The average molecular weight is 396 g/mol. The van der Waals surface area contributed by atoms with E-state index in [9.17, 15) is 9.59 Å². The Hall–Kier alpha value is -2.77. The van der Waals surface area contributed by atoms with Gasteiger partial charge in [0.05, 0.1) is 23.7 Å².